The number of esters is 1. The van der Waals surface area contributed by atoms with Crippen LogP contribution in [0.25, 0.3) is 10.8 Å². The summed E-state index contributed by atoms with van der Waals surface area (Å²) in [7, 11) is 0. The molecule has 1 atom stereocenters. The highest BCUT2D eigenvalue weighted by Crippen LogP contribution is 2.29. The van der Waals surface area contributed by atoms with Gasteiger partial charge in [0.15, 0.2) is 6.61 Å². The lowest BCUT2D eigenvalue weighted by Gasteiger charge is -2.26. The van der Waals surface area contributed by atoms with E-state index >= 15 is 0 Å². The molecule has 3 aromatic rings. The van der Waals surface area contributed by atoms with Crippen LogP contribution in [0.3, 0.4) is 0 Å². The number of hydrogen-bond donors (Lipinski definition) is 1. The summed E-state index contributed by atoms with van der Waals surface area (Å²) in [6, 6.07) is 21.3. The number of ether oxygens (including phenoxy) is 1. The van der Waals surface area contributed by atoms with E-state index in [0.717, 1.165) is 35.6 Å². The van der Waals surface area contributed by atoms with Crippen molar-refractivity contribution in [2.45, 2.75) is 25.3 Å². The number of benzene rings is 3. The molecule has 0 saturated heterocycles. The normalized spacial score (nSPS) is 15.8. The molecular formula is C23H21NO3. The van der Waals surface area contributed by atoms with E-state index in [-0.39, 0.29) is 18.6 Å². The van der Waals surface area contributed by atoms with Crippen molar-refractivity contribution in [1.29, 1.82) is 0 Å². The standard InChI is InChI=1S/C23H21NO3/c25-22(24-21-14-6-10-17-8-2-4-12-19(17)21)15-27-23(26)20-13-5-9-16-7-1-3-11-18(16)20/h1-5,7-9,11-13,21H,6,10,14-15H2,(H,24,25)/t21-/m0/s1. The fraction of sp³-hybridized carbons (Fsp3) is 0.217. The molecule has 1 amide bonds. The Morgan fingerprint density at radius 1 is 0.963 bits per heavy atom. The van der Waals surface area contributed by atoms with Crippen molar-refractivity contribution in [3.63, 3.8) is 0 Å². The van der Waals surface area contributed by atoms with Crippen LogP contribution in [-0.2, 0) is 16.0 Å². The predicted octanol–water partition coefficient (Wildman–Crippen LogP) is 4.19. The second kappa shape index (κ2) is 7.62. The zero-order valence-corrected chi connectivity index (χ0v) is 15.0. The second-order valence-electron chi connectivity index (χ2n) is 6.81. The molecule has 0 aromatic heterocycles. The van der Waals surface area contributed by atoms with Gasteiger partial charge in [0.2, 0.25) is 0 Å². The summed E-state index contributed by atoms with van der Waals surface area (Å²) in [6.45, 7) is -0.277. The summed E-state index contributed by atoms with van der Waals surface area (Å²) in [5, 5.41) is 4.80. The highest BCUT2D eigenvalue weighted by atomic mass is 16.5. The van der Waals surface area contributed by atoms with E-state index in [1.54, 1.807) is 6.07 Å². The number of hydrogen-bond acceptors (Lipinski definition) is 3. The van der Waals surface area contributed by atoms with Gasteiger partial charge in [0.25, 0.3) is 5.91 Å². The monoisotopic (exact) mass is 359 g/mol. The summed E-state index contributed by atoms with van der Waals surface area (Å²) in [5.74, 6) is -0.753. The summed E-state index contributed by atoms with van der Waals surface area (Å²) in [4.78, 5) is 24.8. The van der Waals surface area contributed by atoms with E-state index in [9.17, 15) is 9.59 Å². The van der Waals surface area contributed by atoms with Crippen LogP contribution in [0.15, 0.2) is 66.7 Å². The third-order valence-electron chi connectivity index (χ3n) is 5.05. The van der Waals surface area contributed by atoms with E-state index in [2.05, 4.69) is 17.4 Å². The van der Waals surface area contributed by atoms with Gasteiger partial charge in [-0.3, -0.25) is 4.79 Å². The molecule has 4 heteroatoms. The first kappa shape index (κ1) is 17.3. The second-order valence-corrected chi connectivity index (χ2v) is 6.81. The van der Waals surface area contributed by atoms with Crippen LogP contribution in [0.5, 0.6) is 0 Å². The number of aryl methyl sites for hydroxylation is 1. The SMILES string of the molecule is O=C(COC(=O)c1cccc2ccccc12)N[C@H]1CCCc2ccccc21. The molecule has 0 unspecified atom stereocenters. The van der Waals surface area contributed by atoms with Gasteiger partial charge in [-0.05, 0) is 47.2 Å². The minimum Gasteiger partial charge on any atom is -0.452 e. The molecule has 3 aromatic carbocycles. The van der Waals surface area contributed by atoms with Crippen LogP contribution >= 0.6 is 0 Å². The lowest BCUT2D eigenvalue weighted by molar-refractivity contribution is -0.125. The minimum atomic E-state index is -0.481. The lowest BCUT2D eigenvalue weighted by atomic mass is 9.88. The van der Waals surface area contributed by atoms with Gasteiger partial charge in [-0.2, -0.15) is 0 Å². The summed E-state index contributed by atoms with van der Waals surface area (Å²) in [5.41, 5.74) is 2.92. The zero-order valence-electron chi connectivity index (χ0n) is 15.0. The van der Waals surface area contributed by atoms with E-state index in [1.807, 2.05) is 48.5 Å². The minimum absolute atomic E-state index is 0.0151. The number of rotatable bonds is 4. The van der Waals surface area contributed by atoms with E-state index in [4.69, 9.17) is 4.74 Å². The molecule has 4 rings (SSSR count). The van der Waals surface area contributed by atoms with E-state index in [1.165, 1.54) is 5.56 Å². The molecule has 0 saturated carbocycles. The van der Waals surface area contributed by atoms with Gasteiger partial charge < -0.3 is 10.1 Å². The molecule has 1 N–H and O–H groups in total. The largest absolute Gasteiger partial charge is 0.452 e. The highest BCUT2D eigenvalue weighted by molar-refractivity contribution is 6.04. The summed E-state index contributed by atoms with van der Waals surface area (Å²) >= 11 is 0. The van der Waals surface area contributed by atoms with Crippen molar-refractivity contribution in [2.24, 2.45) is 0 Å². The van der Waals surface area contributed by atoms with Crippen molar-refractivity contribution in [1.82, 2.24) is 5.32 Å². The molecular weight excluding hydrogens is 338 g/mol. The van der Waals surface area contributed by atoms with Crippen LogP contribution < -0.4 is 5.32 Å². The van der Waals surface area contributed by atoms with Crippen molar-refractivity contribution in [3.8, 4) is 0 Å². The Morgan fingerprint density at radius 2 is 1.74 bits per heavy atom. The van der Waals surface area contributed by atoms with Crippen LogP contribution in [0, 0.1) is 0 Å². The fourth-order valence-electron chi connectivity index (χ4n) is 3.75. The first-order valence-electron chi connectivity index (χ1n) is 9.24. The third kappa shape index (κ3) is 3.70. The zero-order chi connectivity index (χ0) is 18.6. The van der Waals surface area contributed by atoms with Gasteiger partial charge in [-0.25, -0.2) is 4.79 Å². The van der Waals surface area contributed by atoms with Crippen molar-refractivity contribution >= 4 is 22.6 Å². The topological polar surface area (TPSA) is 55.4 Å². The number of fused-ring (bicyclic) bond motifs is 2. The fourth-order valence-corrected chi connectivity index (χ4v) is 3.75. The van der Waals surface area contributed by atoms with Crippen LogP contribution in [-0.4, -0.2) is 18.5 Å². The maximum absolute atomic E-state index is 12.5. The molecule has 0 heterocycles. The van der Waals surface area contributed by atoms with Crippen molar-refractivity contribution in [3.05, 3.63) is 83.4 Å². The molecule has 0 fully saturated rings. The highest BCUT2D eigenvalue weighted by Gasteiger charge is 2.22. The quantitative estimate of drug-likeness (QED) is 0.711. The van der Waals surface area contributed by atoms with Gasteiger partial charge in [-0.15, -0.1) is 0 Å². The summed E-state index contributed by atoms with van der Waals surface area (Å²) in [6.07, 6.45) is 2.98. The molecule has 0 aliphatic heterocycles. The van der Waals surface area contributed by atoms with Gasteiger partial charge in [-0.1, -0.05) is 60.7 Å². The molecule has 0 radical (unpaired) electrons. The van der Waals surface area contributed by atoms with E-state index in [0.29, 0.717) is 5.56 Å². The third-order valence-corrected chi connectivity index (χ3v) is 5.05. The Balaban J connectivity index is 1.40. The Kier molecular flexibility index (Phi) is 4.88. The average Bonchev–Trinajstić information content (AvgIpc) is 2.72. The maximum Gasteiger partial charge on any atom is 0.339 e. The molecule has 1 aliphatic rings. The number of carbonyl (C=O) groups is 2. The van der Waals surface area contributed by atoms with Gasteiger partial charge in [0, 0.05) is 0 Å². The van der Waals surface area contributed by atoms with Crippen LogP contribution in [0.4, 0.5) is 0 Å². The molecule has 27 heavy (non-hydrogen) atoms. The van der Waals surface area contributed by atoms with Gasteiger partial charge in [0.05, 0.1) is 11.6 Å². The van der Waals surface area contributed by atoms with Crippen molar-refractivity contribution < 1.29 is 14.3 Å². The Labute approximate surface area is 158 Å². The number of carbonyl (C=O) groups excluding carboxylic acids is 2. The molecule has 136 valence electrons. The maximum atomic E-state index is 12.5. The summed E-state index contributed by atoms with van der Waals surface area (Å²) < 4.78 is 5.28. The first-order chi connectivity index (χ1) is 13.2. The van der Waals surface area contributed by atoms with Crippen LogP contribution in [0.1, 0.15) is 40.4 Å². The Hall–Kier alpha value is -3.14. The molecule has 0 bridgehead atoms. The average molecular weight is 359 g/mol. The van der Waals surface area contributed by atoms with E-state index < -0.39 is 5.97 Å². The lowest BCUT2D eigenvalue weighted by Crippen LogP contribution is -2.34. The number of nitrogens with one attached hydrogen (secondary N) is 1. The Morgan fingerprint density at radius 3 is 2.67 bits per heavy atom. The molecule has 0 spiro atoms. The Bertz CT molecular complexity index is 990. The predicted molar refractivity (Wildman–Crippen MR) is 104 cm³/mol. The first-order valence-corrected chi connectivity index (χ1v) is 9.24. The smallest absolute Gasteiger partial charge is 0.339 e. The van der Waals surface area contributed by atoms with Crippen molar-refractivity contribution in [2.75, 3.05) is 6.61 Å². The van der Waals surface area contributed by atoms with Crippen LogP contribution in [0.2, 0.25) is 0 Å². The van der Waals surface area contributed by atoms with Gasteiger partial charge in [0.1, 0.15) is 0 Å². The van der Waals surface area contributed by atoms with Gasteiger partial charge >= 0.3 is 5.97 Å². The molecule has 4 nitrogen and oxygen atoms in total. The number of amides is 1. The molecule has 1 aliphatic carbocycles.